The highest BCUT2D eigenvalue weighted by molar-refractivity contribution is 5.91. The van der Waals surface area contributed by atoms with Crippen molar-refractivity contribution in [2.24, 2.45) is 0 Å². The molecule has 144 valence electrons. The van der Waals surface area contributed by atoms with Crippen molar-refractivity contribution >= 4 is 22.6 Å². The summed E-state index contributed by atoms with van der Waals surface area (Å²) in [5.74, 6) is 3.40. The van der Waals surface area contributed by atoms with E-state index in [1.165, 1.54) is 32.1 Å². The van der Waals surface area contributed by atoms with E-state index in [9.17, 15) is 4.79 Å². The molecule has 0 bridgehead atoms. The Bertz CT molecular complexity index is 824. The summed E-state index contributed by atoms with van der Waals surface area (Å²) in [6.07, 6.45) is 6.21. The highest BCUT2D eigenvalue weighted by atomic mass is 16.5. The maximum Gasteiger partial charge on any atom is 0.219 e. The third-order valence-corrected chi connectivity index (χ3v) is 5.89. The molecule has 1 aromatic heterocycles. The molecule has 1 aliphatic heterocycles. The van der Waals surface area contributed by atoms with E-state index in [0.717, 1.165) is 54.5 Å². The predicted octanol–water partition coefficient (Wildman–Crippen LogP) is 3.35. The summed E-state index contributed by atoms with van der Waals surface area (Å²) < 4.78 is 5.43. The maximum absolute atomic E-state index is 11.7. The molecule has 0 atom stereocenters. The molecular formula is C21H28N4O2. The number of piperazine rings is 1. The van der Waals surface area contributed by atoms with Crippen LogP contribution in [0.4, 0.5) is 5.82 Å². The number of fused-ring (bicyclic) bond motifs is 1. The number of ether oxygens (including phenoxy) is 1. The van der Waals surface area contributed by atoms with Crippen molar-refractivity contribution in [3.63, 3.8) is 0 Å². The predicted molar refractivity (Wildman–Crippen MR) is 106 cm³/mol. The normalized spacial score (nSPS) is 18.7. The number of benzene rings is 1. The van der Waals surface area contributed by atoms with Gasteiger partial charge in [0, 0.05) is 44.4 Å². The van der Waals surface area contributed by atoms with Gasteiger partial charge in [-0.05, 0) is 31.0 Å². The number of carbonyl (C=O) groups excluding carboxylic acids is 1. The molecule has 2 fully saturated rings. The van der Waals surface area contributed by atoms with Crippen LogP contribution >= 0.6 is 0 Å². The molecule has 0 radical (unpaired) electrons. The Kier molecular flexibility index (Phi) is 5.14. The van der Waals surface area contributed by atoms with Crippen LogP contribution in [0.15, 0.2) is 18.2 Å². The number of hydrogen-bond acceptors (Lipinski definition) is 5. The van der Waals surface area contributed by atoms with Crippen molar-refractivity contribution in [3.05, 3.63) is 24.0 Å². The molecule has 0 N–H and O–H groups in total. The van der Waals surface area contributed by atoms with Crippen molar-refractivity contribution in [2.45, 2.75) is 44.9 Å². The van der Waals surface area contributed by atoms with Gasteiger partial charge in [0.15, 0.2) is 0 Å². The van der Waals surface area contributed by atoms with Crippen LogP contribution in [0.1, 0.15) is 50.8 Å². The van der Waals surface area contributed by atoms with Crippen molar-refractivity contribution in [1.29, 1.82) is 0 Å². The first-order chi connectivity index (χ1) is 13.2. The van der Waals surface area contributed by atoms with Gasteiger partial charge in [-0.25, -0.2) is 9.97 Å². The molecule has 2 heterocycles. The van der Waals surface area contributed by atoms with E-state index >= 15 is 0 Å². The number of hydrogen-bond donors (Lipinski definition) is 0. The minimum absolute atomic E-state index is 0.145. The zero-order chi connectivity index (χ0) is 18.8. The molecule has 2 aromatic rings. The quantitative estimate of drug-likeness (QED) is 0.831. The lowest BCUT2D eigenvalue weighted by Crippen LogP contribution is -2.48. The first-order valence-electron chi connectivity index (χ1n) is 10.0. The Balaban J connectivity index is 1.72. The lowest BCUT2D eigenvalue weighted by molar-refractivity contribution is -0.129. The van der Waals surface area contributed by atoms with Gasteiger partial charge in [0.1, 0.15) is 17.4 Å². The van der Waals surface area contributed by atoms with Gasteiger partial charge < -0.3 is 14.5 Å². The smallest absolute Gasteiger partial charge is 0.219 e. The van der Waals surface area contributed by atoms with Gasteiger partial charge in [-0.2, -0.15) is 0 Å². The summed E-state index contributed by atoms with van der Waals surface area (Å²) in [5, 5.41) is 1.03. The van der Waals surface area contributed by atoms with Crippen molar-refractivity contribution in [3.8, 4) is 5.75 Å². The highest BCUT2D eigenvalue weighted by Crippen LogP contribution is 2.35. The van der Waals surface area contributed by atoms with Crippen molar-refractivity contribution in [1.82, 2.24) is 14.9 Å². The van der Waals surface area contributed by atoms with Crippen LogP contribution in [-0.2, 0) is 4.79 Å². The van der Waals surface area contributed by atoms with Gasteiger partial charge in [0.25, 0.3) is 0 Å². The van der Waals surface area contributed by atoms with Gasteiger partial charge in [-0.15, -0.1) is 0 Å². The van der Waals surface area contributed by atoms with Crippen LogP contribution < -0.4 is 9.64 Å². The Morgan fingerprint density at radius 1 is 1.07 bits per heavy atom. The van der Waals surface area contributed by atoms with E-state index in [2.05, 4.69) is 4.90 Å². The van der Waals surface area contributed by atoms with E-state index in [1.807, 2.05) is 23.1 Å². The first-order valence-corrected chi connectivity index (χ1v) is 10.0. The average molecular weight is 368 g/mol. The lowest BCUT2D eigenvalue weighted by Gasteiger charge is -2.35. The molecule has 1 amide bonds. The van der Waals surface area contributed by atoms with Crippen LogP contribution in [0.5, 0.6) is 5.75 Å². The van der Waals surface area contributed by atoms with Gasteiger partial charge in [0.2, 0.25) is 5.91 Å². The summed E-state index contributed by atoms with van der Waals surface area (Å²) in [7, 11) is 1.68. The fourth-order valence-corrected chi connectivity index (χ4v) is 4.25. The maximum atomic E-state index is 11.7. The third kappa shape index (κ3) is 3.70. The molecule has 27 heavy (non-hydrogen) atoms. The second-order valence-corrected chi connectivity index (χ2v) is 7.62. The topological polar surface area (TPSA) is 58.6 Å². The fraction of sp³-hybridized carbons (Fsp3) is 0.571. The van der Waals surface area contributed by atoms with Crippen LogP contribution in [0.25, 0.3) is 10.9 Å². The fourth-order valence-electron chi connectivity index (χ4n) is 4.25. The Hall–Kier alpha value is -2.37. The second kappa shape index (κ2) is 7.71. The lowest BCUT2D eigenvalue weighted by atomic mass is 9.88. The number of aromatic nitrogens is 2. The molecule has 1 aliphatic carbocycles. The summed E-state index contributed by atoms with van der Waals surface area (Å²) in [5.41, 5.74) is 0.982. The average Bonchev–Trinajstić information content (AvgIpc) is 2.73. The molecule has 6 heteroatoms. The highest BCUT2D eigenvalue weighted by Gasteiger charge is 2.25. The summed E-state index contributed by atoms with van der Waals surface area (Å²) >= 11 is 0. The molecule has 1 saturated carbocycles. The Morgan fingerprint density at radius 3 is 2.48 bits per heavy atom. The molecular weight excluding hydrogens is 340 g/mol. The van der Waals surface area contributed by atoms with Crippen LogP contribution in [0.2, 0.25) is 0 Å². The number of nitrogens with zero attached hydrogens (tertiary/aromatic N) is 4. The second-order valence-electron chi connectivity index (χ2n) is 7.62. The van der Waals surface area contributed by atoms with E-state index < -0.39 is 0 Å². The van der Waals surface area contributed by atoms with E-state index in [0.29, 0.717) is 5.92 Å². The minimum Gasteiger partial charge on any atom is -0.497 e. The molecule has 2 aliphatic rings. The van der Waals surface area contributed by atoms with Gasteiger partial charge in [-0.1, -0.05) is 19.3 Å². The van der Waals surface area contributed by atoms with Crippen LogP contribution in [0, 0.1) is 0 Å². The van der Waals surface area contributed by atoms with E-state index in [1.54, 1.807) is 14.0 Å². The van der Waals surface area contributed by atoms with Crippen molar-refractivity contribution in [2.75, 3.05) is 38.2 Å². The standard InChI is InChI=1S/C21H28N4O2/c1-15(26)24-10-12-25(13-11-24)21-18-14-17(27-2)8-9-19(18)22-20(23-21)16-6-4-3-5-7-16/h8-9,14,16H,3-7,10-13H2,1-2H3. The number of rotatable bonds is 3. The zero-order valence-electron chi connectivity index (χ0n) is 16.3. The third-order valence-electron chi connectivity index (χ3n) is 5.89. The number of carbonyl (C=O) groups is 1. The summed E-state index contributed by atoms with van der Waals surface area (Å²) in [6.45, 7) is 4.72. The largest absolute Gasteiger partial charge is 0.497 e. The minimum atomic E-state index is 0.145. The summed E-state index contributed by atoms with van der Waals surface area (Å²) in [4.78, 5) is 25.8. The Morgan fingerprint density at radius 2 is 1.81 bits per heavy atom. The summed E-state index contributed by atoms with van der Waals surface area (Å²) in [6, 6.07) is 6.04. The Labute approximate surface area is 160 Å². The molecule has 4 rings (SSSR count). The van der Waals surface area contributed by atoms with E-state index in [-0.39, 0.29) is 5.91 Å². The van der Waals surface area contributed by atoms with E-state index in [4.69, 9.17) is 14.7 Å². The molecule has 6 nitrogen and oxygen atoms in total. The molecule has 1 aromatic carbocycles. The molecule has 0 unspecified atom stereocenters. The van der Waals surface area contributed by atoms with Crippen LogP contribution in [-0.4, -0.2) is 54.1 Å². The number of amides is 1. The van der Waals surface area contributed by atoms with Gasteiger partial charge in [0.05, 0.1) is 12.6 Å². The van der Waals surface area contributed by atoms with Gasteiger partial charge in [-0.3, -0.25) is 4.79 Å². The first kappa shape index (κ1) is 18.0. The zero-order valence-corrected chi connectivity index (χ0v) is 16.3. The molecule has 1 saturated heterocycles. The SMILES string of the molecule is COc1ccc2nc(C3CCCCC3)nc(N3CCN(C(C)=O)CC3)c2c1. The number of methoxy groups -OCH3 is 1. The van der Waals surface area contributed by atoms with Gasteiger partial charge >= 0.3 is 0 Å². The van der Waals surface area contributed by atoms with Crippen molar-refractivity contribution < 1.29 is 9.53 Å². The number of anilines is 1. The molecule has 0 spiro atoms. The van der Waals surface area contributed by atoms with Crippen LogP contribution in [0.3, 0.4) is 0 Å². The monoisotopic (exact) mass is 368 g/mol.